The third kappa shape index (κ3) is 5.59. The SMILES string of the molecule is Cn1cc([N+](=O)[O-])c(C(=O)NCCCCCCC(=O)O)n1. The van der Waals surface area contributed by atoms with Crippen LogP contribution in [0.15, 0.2) is 6.20 Å². The van der Waals surface area contributed by atoms with Crippen molar-refractivity contribution in [2.45, 2.75) is 32.1 Å². The van der Waals surface area contributed by atoms with Crippen molar-refractivity contribution in [3.8, 4) is 0 Å². The molecule has 1 aromatic heterocycles. The van der Waals surface area contributed by atoms with Gasteiger partial charge < -0.3 is 10.4 Å². The molecule has 0 saturated carbocycles. The minimum atomic E-state index is -0.814. The zero-order valence-corrected chi connectivity index (χ0v) is 11.7. The molecular weight excluding hydrogens is 280 g/mol. The highest BCUT2D eigenvalue weighted by Gasteiger charge is 2.24. The van der Waals surface area contributed by atoms with Crippen molar-refractivity contribution >= 4 is 17.6 Å². The average Bonchev–Trinajstić information content (AvgIpc) is 2.79. The van der Waals surface area contributed by atoms with Crippen LogP contribution in [0.3, 0.4) is 0 Å². The highest BCUT2D eigenvalue weighted by molar-refractivity contribution is 5.95. The van der Waals surface area contributed by atoms with E-state index in [1.54, 1.807) is 0 Å². The van der Waals surface area contributed by atoms with Gasteiger partial charge in [-0.25, -0.2) is 0 Å². The maximum absolute atomic E-state index is 11.8. The van der Waals surface area contributed by atoms with E-state index in [0.717, 1.165) is 12.8 Å². The Labute approximate surface area is 121 Å². The van der Waals surface area contributed by atoms with Gasteiger partial charge in [0, 0.05) is 20.0 Å². The van der Waals surface area contributed by atoms with Crippen LogP contribution in [0, 0.1) is 10.1 Å². The van der Waals surface area contributed by atoms with Crippen molar-refractivity contribution in [3.05, 3.63) is 22.0 Å². The smallest absolute Gasteiger partial charge is 0.320 e. The van der Waals surface area contributed by atoms with Crippen LogP contribution in [0.2, 0.25) is 0 Å². The summed E-state index contributed by atoms with van der Waals surface area (Å²) in [5.74, 6) is -1.39. The van der Waals surface area contributed by atoms with E-state index in [9.17, 15) is 19.7 Å². The molecule has 0 aliphatic rings. The Morgan fingerprint density at radius 3 is 2.67 bits per heavy atom. The molecule has 0 atom stereocenters. The summed E-state index contributed by atoms with van der Waals surface area (Å²) in [5.41, 5.74) is -0.523. The van der Waals surface area contributed by atoms with Crippen LogP contribution < -0.4 is 5.32 Å². The van der Waals surface area contributed by atoms with Gasteiger partial charge in [-0.15, -0.1) is 0 Å². The number of aryl methyl sites for hydroxylation is 1. The number of nitro groups is 1. The summed E-state index contributed by atoms with van der Waals surface area (Å²) < 4.78 is 1.22. The van der Waals surface area contributed by atoms with Gasteiger partial charge in [0.2, 0.25) is 5.69 Å². The second-order valence-electron chi connectivity index (χ2n) is 4.61. The number of aromatic nitrogens is 2. The molecule has 116 valence electrons. The van der Waals surface area contributed by atoms with Crippen LogP contribution in [0.4, 0.5) is 5.69 Å². The number of nitrogens with one attached hydrogen (secondary N) is 1. The number of unbranched alkanes of at least 4 members (excludes halogenated alkanes) is 3. The maximum atomic E-state index is 11.8. The number of nitrogens with zero attached hydrogens (tertiary/aromatic N) is 3. The topological polar surface area (TPSA) is 127 Å². The van der Waals surface area contributed by atoms with Gasteiger partial charge in [-0.2, -0.15) is 5.10 Å². The number of carbonyl (C=O) groups excluding carboxylic acids is 1. The van der Waals surface area contributed by atoms with Crippen molar-refractivity contribution in [3.63, 3.8) is 0 Å². The van der Waals surface area contributed by atoms with Crippen LogP contribution in [0.1, 0.15) is 42.6 Å². The zero-order valence-electron chi connectivity index (χ0n) is 11.7. The van der Waals surface area contributed by atoms with E-state index in [1.165, 1.54) is 17.9 Å². The number of hydrogen-bond acceptors (Lipinski definition) is 5. The summed E-state index contributed by atoms with van der Waals surface area (Å²) in [4.78, 5) is 32.2. The minimum Gasteiger partial charge on any atom is -0.481 e. The molecule has 0 fully saturated rings. The Kier molecular flexibility index (Phi) is 6.31. The summed E-state index contributed by atoms with van der Waals surface area (Å²) in [7, 11) is 1.51. The highest BCUT2D eigenvalue weighted by Crippen LogP contribution is 2.15. The fraction of sp³-hybridized carbons (Fsp3) is 0.583. The van der Waals surface area contributed by atoms with E-state index in [2.05, 4.69) is 10.4 Å². The molecule has 0 spiro atoms. The lowest BCUT2D eigenvalue weighted by Crippen LogP contribution is -2.25. The Balaban J connectivity index is 2.31. The molecule has 0 saturated heterocycles. The number of rotatable bonds is 9. The number of aliphatic carboxylic acids is 1. The van der Waals surface area contributed by atoms with Crippen LogP contribution >= 0.6 is 0 Å². The molecule has 9 heteroatoms. The average molecular weight is 298 g/mol. The van der Waals surface area contributed by atoms with Crippen molar-refractivity contribution in [2.75, 3.05) is 6.54 Å². The van der Waals surface area contributed by atoms with Gasteiger partial charge in [-0.3, -0.25) is 24.4 Å². The molecule has 21 heavy (non-hydrogen) atoms. The standard InChI is InChI=1S/C12H18N4O5/c1-15-8-9(16(20)21)11(14-15)12(19)13-7-5-3-2-4-6-10(17)18/h8H,2-7H2,1H3,(H,13,19)(H,17,18). The van der Waals surface area contributed by atoms with Crippen LogP contribution in [-0.2, 0) is 11.8 Å². The normalized spacial score (nSPS) is 10.3. The van der Waals surface area contributed by atoms with Gasteiger partial charge in [0.25, 0.3) is 5.91 Å². The van der Waals surface area contributed by atoms with Crippen molar-refractivity contribution in [1.82, 2.24) is 15.1 Å². The van der Waals surface area contributed by atoms with E-state index in [0.29, 0.717) is 19.4 Å². The Morgan fingerprint density at radius 1 is 1.38 bits per heavy atom. The summed E-state index contributed by atoms with van der Waals surface area (Å²) in [6.07, 6.45) is 4.18. The summed E-state index contributed by atoms with van der Waals surface area (Å²) in [6, 6.07) is 0. The molecule has 0 unspecified atom stereocenters. The third-order valence-electron chi connectivity index (χ3n) is 2.82. The van der Waals surface area contributed by atoms with E-state index in [4.69, 9.17) is 5.11 Å². The molecule has 2 N–H and O–H groups in total. The molecule has 0 aromatic carbocycles. The summed E-state index contributed by atoms with van der Waals surface area (Å²) in [5, 5.41) is 25.6. The number of hydrogen-bond donors (Lipinski definition) is 2. The molecule has 1 rings (SSSR count). The van der Waals surface area contributed by atoms with Crippen LogP contribution in [-0.4, -0.2) is 38.2 Å². The number of amides is 1. The van der Waals surface area contributed by atoms with Crippen molar-refractivity contribution in [2.24, 2.45) is 7.05 Å². The Morgan fingerprint density at radius 2 is 2.05 bits per heavy atom. The van der Waals surface area contributed by atoms with Crippen molar-refractivity contribution < 1.29 is 19.6 Å². The lowest BCUT2D eigenvalue weighted by Gasteiger charge is -2.03. The van der Waals surface area contributed by atoms with Gasteiger partial charge in [0.1, 0.15) is 6.20 Å². The summed E-state index contributed by atoms with van der Waals surface area (Å²) in [6.45, 7) is 0.375. The highest BCUT2D eigenvalue weighted by atomic mass is 16.6. The third-order valence-corrected chi connectivity index (χ3v) is 2.82. The maximum Gasteiger partial charge on any atom is 0.320 e. The monoisotopic (exact) mass is 298 g/mol. The lowest BCUT2D eigenvalue weighted by molar-refractivity contribution is -0.385. The number of carboxylic acid groups (broad SMARTS) is 1. The first kappa shape index (κ1) is 16.6. The zero-order chi connectivity index (χ0) is 15.8. The predicted molar refractivity (Wildman–Crippen MR) is 72.9 cm³/mol. The van der Waals surface area contributed by atoms with E-state index in [1.807, 2.05) is 0 Å². The van der Waals surface area contributed by atoms with Gasteiger partial charge in [-0.1, -0.05) is 12.8 Å². The van der Waals surface area contributed by atoms with E-state index >= 15 is 0 Å². The Bertz CT molecular complexity index is 526. The Hall–Kier alpha value is -2.45. The molecular formula is C12H18N4O5. The molecule has 9 nitrogen and oxygen atoms in total. The second kappa shape index (κ2) is 7.98. The predicted octanol–water partition coefficient (Wildman–Crippen LogP) is 1.09. The molecule has 1 amide bonds. The first-order chi connectivity index (χ1) is 9.91. The lowest BCUT2D eigenvalue weighted by atomic mass is 10.1. The van der Waals surface area contributed by atoms with Gasteiger partial charge in [0.05, 0.1) is 4.92 Å². The van der Waals surface area contributed by atoms with Gasteiger partial charge in [0.15, 0.2) is 0 Å². The fourth-order valence-corrected chi connectivity index (χ4v) is 1.81. The largest absolute Gasteiger partial charge is 0.481 e. The minimum absolute atomic E-state index is 0.145. The van der Waals surface area contributed by atoms with Crippen molar-refractivity contribution in [1.29, 1.82) is 0 Å². The van der Waals surface area contributed by atoms with Gasteiger partial charge in [-0.05, 0) is 12.8 Å². The molecule has 1 heterocycles. The van der Waals surface area contributed by atoms with Crippen LogP contribution in [0.25, 0.3) is 0 Å². The van der Waals surface area contributed by atoms with Gasteiger partial charge >= 0.3 is 11.7 Å². The van der Waals surface area contributed by atoms with E-state index < -0.39 is 16.8 Å². The van der Waals surface area contributed by atoms with Crippen LogP contribution in [0.5, 0.6) is 0 Å². The molecule has 0 aliphatic carbocycles. The fourth-order valence-electron chi connectivity index (χ4n) is 1.81. The summed E-state index contributed by atoms with van der Waals surface area (Å²) >= 11 is 0. The first-order valence-electron chi connectivity index (χ1n) is 6.60. The molecule has 0 aliphatic heterocycles. The number of carbonyl (C=O) groups is 2. The molecule has 0 radical (unpaired) electrons. The first-order valence-corrected chi connectivity index (χ1v) is 6.60. The van der Waals surface area contributed by atoms with E-state index in [-0.39, 0.29) is 17.8 Å². The molecule has 1 aromatic rings. The number of carboxylic acids is 1. The quantitative estimate of drug-likeness (QED) is 0.399. The second-order valence-corrected chi connectivity index (χ2v) is 4.61. The molecule has 0 bridgehead atoms.